The Bertz CT molecular complexity index is 386. The van der Waals surface area contributed by atoms with Gasteiger partial charge in [-0.15, -0.1) is 0 Å². The summed E-state index contributed by atoms with van der Waals surface area (Å²) in [7, 11) is 1.71. The standard InChI is InChI=1S/C16H28N2O/c1-6-18(7-2)16(3,4)15(17)12-13-10-8-9-11-14(13)19-5/h8-11,15H,6-7,12,17H2,1-5H3. The molecule has 1 atom stereocenters. The van der Waals surface area contributed by atoms with Gasteiger partial charge in [-0.3, -0.25) is 4.90 Å². The van der Waals surface area contributed by atoms with E-state index in [1.165, 1.54) is 5.56 Å². The maximum Gasteiger partial charge on any atom is 0.122 e. The molecule has 1 aromatic rings. The maximum absolute atomic E-state index is 6.46. The molecule has 3 heteroatoms. The van der Waals surface area contributed by atoms with Gasteiger partial charge in [0.1, 0.15) is 5.75 Å². The smallest absolute Gasteiger partial charge is 0.122 e. The molecule has 0 saturated heterocycles. The number of hydrogen-bond donors (Lipinski definition) is 1. The van der Waals surface area contributed by atoms with Crippen LogP contribution in [0.1, 0.15) is 33.3 Å². The molecule has 0 fully saturated rings. The van der Waals surface area contributed by atoms with E-state index in [1.807, 2.05) is 18.2 Å². The van der Waals surface area contributed by atoms with Gasteiger partial charge in [0.2, 0.25) is 0 Å². The van der Waals surface area contributed by atoms with Crippen LogP contribution in [-0.4, -0.2) is 36.7 Å². The zero-order chi connectivity index (χ0) is 14.5. The molecule has 3 nitrogen and oxygen atoms in total. The third-order valence-corrected chi connectivity index (χ3v) is 4.12. The third kappa shape index (κ3) is 3.71. The summed E-state index contributed by atoms with van der Waals surface area (Å²) in [5.41, 5.74) is 7.62. The van der Waals surface area contributed by atoms with Crippen LogP contribution in [0.15, 0.2) is 24.3 Å². The monoisotopic (exact) mass is 264 g/mol. The van der Waals surface area contributed by atoms with Crippen molar-refractivity contribution in [2.24, 2.45) is 5.73 Å². The van der Waals surface area contributed by atoms with Crippen LogP contribution < -0.4 is 10.5 Å². The van der Waals surface area contributed by atoms with Crippen LogP contribution in [-0.2, 0) is 6.42 Å². The van der Waals surface area contributed by atoms with E-state index in [-0.39, 0.29) is 11.6 Å². The van der Waals surface area contributed by atoms with Crippen molar-refractivity contribution in [3.63, 3.8) is 0 Å². The molecule has 0 radical (unpaired) electrons. The van der Waals surface area contributed by atoms with E-state index >= 15 is 0 Å². The first-order chi connectivity index (χ1) is 8.97. The van der Waals surface area contributed by atoms with Crippen LogP contribution in [0.3, 0.4) is 0 Å². The van der Waals surface area contributed by atoms with Gasteiger partial charge in [-0.05, 0) is 45.0 Å². The quantitative estimate of drug-likeness (QED) is 0.823. The van der Waals surface area contributed by atoms with Crippen LogP contribution >= 0.6 is 0 Å². The number of nitrogens with two attached hydrogens (primary N) is 1. The highest BCUT2D eigenvalue weighted by Gasteiger charge is 2.31. The molecule has 0 aromatic heterocycles. The molecule has 0 aliphatic carbocycles. The predicted octanol–water partition coefficient (Wildman–Crippen LogP) is 2.69. The first-order valence-electron chi connectivity index (χ1n) is 7.09. The topological polar surface area (TPSA) is 38.5 Å². The lowest BCUT2D eigenvalue weighted by atomic mass is 9.88. The van der Waals surface area contributed by atoms with E-state index in [4.69, 9.17) is 10.5 Å². The second-order valence-electron chi connectivity index (χ2n) is 5.45. The summed E-state index contributed by atoms with van der Waals surface area (Å²) in [6.45, 7) is 10.8. The fourth-order valence-corrected chi connectivity index (χ4v) is 2.63. The van der Waals surface area contributed by atoms with Crippen molar-refractivity contribution in [1.29, 1.82) is 0 Å². The fourth-order valence-electron chi connectivity index (χ4n) is 2.63. The number of nitrogens with zero attached hydrogens (tertiary/aromatic N) is 1. The molecule has 0 spiro atoms. The lowest BCUT2D eigenvalue weighted by Gasteiger charge is -2.42. The lowest BCUT2D eigenvalue weighted by molar-refractivity contribution is 0.106. The van der Waals surface area contributed by atoms with Crippen molar-refractivity contribution in [1.82, 2.24) is 4.90 Å². The van der Waals surface area contributed by atoms with Gasteiger partial charge in [0.05, 0.1) is 7.11 Å². The van der Waals surface area contributed by atoms with E-state index in [2.05, 4.69) is 38.7 Å². The summed E-state index contributed by atoms with van der Waals surface area (Å²) in [5.74, 6) is 0.924. The SMILES string of the molecule is CCN(CC)C(C)(C)C(N)Cc1ccccc1OC. The third-order valence-electron chi connectivity index (χ3n) is 4.12. The number of rotatable bonds is 7. The van der Waals surface area contributed by atoms with Gasteiger partial charge in [-0.25, -0.2) is 0 Å². The largest absolute Gasteiger partial charge is 0.496 e. The highest BCUT2D eigenvalue weighted by Crippen LogP contribution is 2.24. The lowest BCUT2D eigenvalue weighted by Crippen LogP contribution is -2.56. The highest BCUT2D eigenvalue weighted by molar-refractivity contribution is 5.34. The van der Waals surface area contributed by atoms with Gasteiger partial charge in [0.25, 0.3) is 0 Å². The van der Waals surface area contributed by atoms with Crippen molar-refractivity contribution >= 4 is 0 Å². The molecular weight excluding hydrogens is 236 g/mol. The number of hydrogen-bond acceptors (Lipinski definition) is 3. The van der Waals surface area contributed by atoms with Crippen molar-refractivity contribution in [3.05, 3.63) is 29.8 Å². The second kappa shape index (κ2) is 6.92. The number of ether oxygens (including phenoxy) is 1. The Kier molecular flexibility index (Phi) is 5.83. The van der Waals surface area contributed by atoms with Gasteiger partial charge < -0.3 is 10.5 Å². The van der Waals surface area contributed by atoms with Crippen LogP contribution in [0.4, 0.5) is 0 Å². The number of para-hydroxylation sites is 1. The van der Waals surface area contributed by atoms with Crippen molar-refractivity contribution in [2.45, 2.75) is 45.7 Å². The minimum Gasteiger partial charge on any atom is -0.496 e. The van der Waals surface area contributed by atoms with E-state index in [0.717, 1.165) is 25.3 Å². The Labute approximate surface area is 117 Å². The summed E-state index contributed by atoms with van der Waals surface area (Å²) in [6.07, 6.45) is 0.827. The van der Waals surface area contributed by atoms with Gasteiger partial charge in [0, 0.05) is 11.6 Å². The van der Waals surface area contributed by atoms with E-state index in [9.17, 15) is 0 Å². The molecular formula is C16H28N2O. The van der Waals surface area contributed by atoms with Gasteiger partial charge in [-0.2, -0.15) is 0 Å². The van der Waals surface area contributed by atoms with Crippen LogP contribution in [0.2, 0.25) is 0 Å². The average molecular weight is 264 g/mol. The van der Waals surface area contributed by atoms with Gasteiger partial charge in [0.15, 0.2) is 0 Å². The van der Waals surface area contributed by atoms with E-state index in [0.29, 0.717) is 0 Å². The molecule has 0 amide bonds. The Hall–Kier alpha value is -1.06. The summed E-state index contributed by atoms with van der Waals surface area (Å²) >= 11 is 0. The number of benzene rings is 1. The molecule has 1 rings (SSSR count). The summed E-state index contributed by atoms with van der Waals surface area (Å²) in [5, 5.41) is 0. The maximum atomic E-state index is 6.46. The van der Waals surface area contributed by atoms with E-state index in [1.54, 1.807) is 7.11 Å². The van der Waals surface area contributed by atoms with Crippen molar-refractivity contribution in [3.8, 4) is 5.75 Å². The van der Waals surface area contributed by atoms with Crippen molar-refractivity contribution < 1.29 is 4.74 Å². The molecule has 1 aromatic carbocycles. The molecule has 0 aliphatic rings. The minimum absolute atomic E-state index is 0.0235. The molecule has 0 bridgehead atoms. The average Bonchev–Trinajstić information content (AvgIpc) is 2.40. The molecule has 108 valence electrons. The summed E-state index contributed by atoms with van der Waals surface area (Å²) < 4.78 is 5.40. The highest BCUT2D eigenvalue weighted by atomic mass is 16.5. The molecule has 0 heterocycles. The summed E-state index contributed by atoms with van der Waals surface area (Å²) in [6, 6.07) is 8.19. The fraction of sp³-hybridized carbons (Fsp3) is 0.625. The zero-order valence-electron chi connectivity index (χ0n) is 12.9. The first-order valence-corrected chi connectivity index (χ1v) is 7.09. The first kappa shape index (κ1) is 16.0. The molecule has 0 saturated carbocycles. The van der Waals surface area contributed by atoms with Gasteiger partial charge in [-0.1, -0.05) is 32.0 Å². The molecule has 2 N–H and O–H groups in total. The second-order valence-corrected chi connectivity index (χ2v) is 5.45. The summed E-state index contributed by atoms with van der Waals surface area (Å²) in [4.78, 5) is 2.41. The van der Waals surface area contributed by atoms with Crippen LogP contribution in [0.5, 0.6) is 5.75 Å². The normalized spacial score (nSPS) is 13.6. The molecule has 0 aliphatic heterocycles. The Morgan fingerprint density at radius 2 is 1.79 bits per heavy atom. The Balaban J connectivity index is 2.86. The predicted molar refractivity (Wildman–Crippen MR) is 81.7 cm³/mol. The zero-order valence-corrected chi connectivity index (χ0v) is 12.9. The minimum atomic E-state index is -0.0235. The van der Waals surface area contributed by atoms with Crippen LogP contribution in [0, 0.1) is 0 Å². The Morgan fingerprint density at radius 3 is 2.32 bits per heavy atom. The number of likely N-dealkylation sites (N-methyl/N-ethyl adjacent to an activating group) is 1. The van der Waals surface area contributed by atoms with Gasteiger partial charge >= 0.3 is 0 Å². The Morgan fingerprint density at radius 1 is 1.21 bits per heavy atom. The van der Waals surface area contributed by atoms with E-state index < -0.39 is 0 Å². The van der Waals surface area contributed by atoms with Crippen LogP contribution in [0.25, 0.3) is 0 Å². The number of methoxy groups -OCH3 is 1. The molecule has 19 heavy (non-hydrogen) atoms. The van der Waals surface area contributed by atoms with Crippen molar-refractivity contribution in [2.75, 3.05) is 20.2 Å². The molecule has 1 unspecified atom stereocenters.